The summed E-state index contributed by atoms with van der Waals surface area (Å²) in [6, 6.07) is 5.23. The Kier molecular flexibility index (Phi) is 3.96. The highest BCUT2D eigenvalue weighted by molar-refractivity contribution is 7.85. The van der Waals surface area contributed by atoms with Gasteiger partial charge >= 0.3 is 5.97 Å². The standard InChI is InChI=1S/C10H11FO3S/c1-7(6-10(12)13)15(14)9-4-2-8(11)3-5-9/h2-5,7H,6H2,1H3,(H,12,13)/t7-,15?/m1/s1. The Labute approximate surface area is 89.4 Å². The molecule has 0 fully saturated rings. The zero-order chi connectivity index (χ0) is 11.4. The summed E-state index contributed by atoms with van der Waals surface area (Å²) in [5.41, 5.74) is 0. The lowest BCUT2D eigenvalue weighted by Gasteiger charge is -2.08. The normalized spacial score (nSPS) is 14.5. The van der Waals surface area contributed by atoms with E-state index in [9.17, 15) is 13.4 Å². The van der Waals surface area contributed by atoms with Crippen molar-refractivity contribution in [1.82, 2.24) is 0 Å². The molecule has 2 atom stereocenters. The summed E-state index contributed by atoms with van der Waals surface area (Å²) in [4.78, 5) is 10.9. The number of hydrogen-bond acceptors (Lipinski definition) is 2. The van der Waals surface area contributed by atoms with E-state index in [1.54, 1.807) is 6.92 Å². The first-order chi connectivity index (χ1) is 7.00. The lowest BCUT2D eigenvalue weighted by atomic mass is 10.3. The van der Waals surface area contributed by atoms with Crippen LogP contribution in [0.1, 0.15) is 13.3 Å². The smallest absolute Gasteiger partial charge is 0.304 e. The molecule has 0 heterocycles. The monoisotopic (exact) mass is 230 g/mol. The maximum Gasteiger partial charge on any atom is 0.304 e. The molecule has 3 nitrogen and oxygen atoms in total. The highest BCUT2D eigenvalue weighted by atomic mass is 32.2. The highest BCUT2D eigenvalue weighted by Gasteiger charge is 2.16. The zero-order valence-electron chi connectivity index (χ0n) is 8.14. The molecule has 0 aliphatic rings. The maximum absolute atomic E-state index is 12.6. The van der Waals surface area contributed by atoms with Crippen molar-refractivity contribution in [3.63, 3.8) is 0 Å². The summed E-state index contributed by atoms with van der Waals surface area (Å²) < 4.78 is 24.3. The van der Waals surface area contributed by atoms with E-state index in [4.69, 9.17) is 5.11 Å². The van der Waals surface area contributed by atoms with Crippen molar-refractivity contribution >= 4 is 16.8 Å². The first-order valence-corrected chi connectivity index (χ1v) is 5.60. The van der Waals surface area contributed by atoms with Crippen molar-refractivity contribution in [3.05, 3.63) is 30.1 Å². The second kappa shape index (κ2) is 5.02. The van der Waals surface area contributed by atoms with Crippen molar-refractivity contribution in [3.8, 4) is 0 Å². The van der Waals surface area contributed by atoms with E-state index in [0.29, 0.717) is 4.90 Å². The van der Waals surface area contributed by atoms with Gasteiger partial charge in [0.2, 0.25) is 0 Å². The van der Waals surface area contributed by atoms with E-state index in [2.05, 4.69) is 0 Å². The topological polar surface area (TPSA) is 54.4 Å². The van der Waals surface area contributed by atoms with Gasteiger partial charge < -0.3 is 5.11 Å². The first kappa shape index (κ1) is 11.8. The van der Waals surface area contributed by atoms with Gasteiger partial charge in [0.05, 0.1) is 17.2 Å². The molecule has 1 aromatic carbocycles. The van der Waals surface area contributed by atoms with Gasteiger partial charge in [-0.05, 0) is 31.2 Å². The van der Waals surface area contributed by atoms with Crippen LogP contribution in [0, 0.1) is 5.82 Å². The Morgan fingerprint density at radius 3 is 2.47 bits per heavy atom. The molecular weight excluding hydrogens is 219 g/mol. The second-order valence-corrected chi connectivity index (χ2v) is 5.03. The molecule has 82 valence electrons. The molecule has 0 amide bonds. The lowest BCUT2D eigenvalue weighted by Crippen LogP contribution is -2.15. The maximum atomic E-state index is 12.6. The van der Waals surface area contributed by atoms with Crippen LogP contribution in [-0.2, 0) is 15.6 Å². The van der Waals surface area contributed by atoms with E-state index in [1.807, 2.05) is 0 Å². The molecule has 0 saturated heterocycles. The summed E-state index contributed by atoms with van der Waals surface area (Å²) in [5, 5.41) is 8.05. The van der Waals surface area contributed by atoms with Crippen molar-refractivity contribution in [2.75, 3.05) is 0 Å². The van der Waals surface area contributed by atoms with Gasteiger partial charge in [0.25, 0.3) is 0 Å². The fourth-order valence-corrected chi connectivity index (χ4v) is 2.29. The van der Waals surface area contributed by atoms with Gasteiger partial charge in [-0.1, -0.05) is 0 Å². The summed E-state index contributed by atoms with van der Waals surface area (Å²) in [6.07, 6.45) is -0.163. The summed E-state index contributed by atoms with van der Waals surface area (Å²) >= 11 is 0. The number of aliphatic carboxylic acids is 1. The van der Waals surface area contributed by atoms with Crippen LogP contribution in [0.3, 0.4) is 0 Å². The minimum Gasteiger partial charge on any atom is -0.481 e. The van der Waals surface area contributed by atoms with Crippen molar-refractivity contribution in [1.29, 1.82) is 0 Å². The van der Waals surface area contributed by atoms with Gasteiger partial charge in [0, 0.05) is 10.1 Å². The summed E-state index contributed by atoms with van der Waals surface area (Å²) in [5.74, 6) is -1.39. The van der Waals surface area contributed by atoms with Crippen LogP contribution in [0.25, 0.3) is 0 Å². The van der Waals surface area contributed by atoms with E-state index in [0.717, 1.165) is 0 Å². The Bertz CT molecular complexity index is 375. The Morgan fingerprint density at radius 2 is 2.00 bits per heavy atom. The summed E-state index contributed by atoms with van der Waals surface area (Å²) in [6.45, 7) is 1.59. The SMILES string of the molecule is C[C@H](CC(=O)O)S(=O)c1ccc(F)cc1. The third kappa shape index (κ3) is 3.43. The van der Waals surface area contributed by atoms with Crippen LogP contribution >= 0.6 is 0 Å². The molecule has 1 N–H and O–H groups in total. The van der Waals surface area contributed by atoms with Crippen LogP contribution in [0.15, 0.2) is 29.2 Å². The van der Waals surface area contributed by atoms with Gasteiger partial charge in [-0.15, -0.1) is 0 Å². The van der Waals surface area contributed by atoms with Crippen molar-refractivity contribution in [2.24, 2.45) is 0 Å². The minimum absolute atomic E-state index is 0.163. The van der Waals surface area contributed by atoms with Crippen LogP contribution < -0.4 is 0 Å². The number of carboxylic acids is 1. The molecule has 0 aromatic heterocycles. The molecule has 0 aliphatic carbocycles. The molecule has 0 aliphatic heterocycles. The number of carbonyl (C=O) groups is 1. The molecule has 0 bridgehead atoms. The number of carboxylic acid groups (broad SMARTS) is 1. The fraction of sp³-hybridized carbons (Fsp3) is 0.300. The third-order valence-corrected chi connectivity index (χ3v) is 3.51. The predicted octanol–water partition coefficient (Wildman–Crippen LogP) is 1.80. The van der Waals surface area contributed by atoms with Crippen molar-refractivity contribution < 1.29 is 18.5 Å². The Morgan fingerprint density at radius 1 is 1.47 bits per heavy atom. The van der Waals surface area contributed by atoms with E-state index in [1.165, 1.54) is 24.3 Å². The highest BCUT2D eigenvalue weighted by Crippen LogP contribution is 2.14. The summed E-state index contributed by atoms with van der Waals surface area (Å²) in [7, 11) is -1.40. The average molecular weight is 230 g/mol. The predicted molar refractivity (Wildman–Crippen MR) is 54.5 cm³/mol. The first-order valence-electron chi connectivity index (χ1n) is 4.38. The fourth-order valence-electron chi connectivity index (χ4n) is 1.12. The molecule has 1 aromatic rings. The molecule has 0 spiro atoms. The van der Waals surface area contributed by atoms with Gasteiger partial charge in [-0.25, -0.2) is 4.39 Å². The minimum atomic E-state index is -1.40. The molecular formula is C10H11FO3S. The third-order valence-electron chi connectivity index (χ3n) is 1.87. The molecule has 0 radical (unpaired) electrons. The molecule has 1 unspecified atom stereocenters. The van der Waals surface area contributed by atoms with Crippen LogP contribution in [0.5, 0.6) is 0 Å². The van der Waals surface area contributed by atoms with Crippen LogP contribution in [0.4, 0.5) is 4.39 Å². The molecule has 15 heavy (non-hydrogen) atoms. The number of benzene rings is 1. The number of hydrogen-bond donors (Lipinski definition) is 1. The van der Waals surface area contributed by atoms with Crippen LogP contribution in [-0.4, -0.2) is 20.5 Å². The Balaban J connectivity index is 2.76. The van der Waals surface area contributed by atoms with Gasteiger partial charge in [-0.2, -0.15) is 0 Å². The quantitative estimate of drug-likeness (QED) is 0.858. The molecule has 0 saturated carbocycles. The van der Waals surface area contributed by atoms with E-state index in [-0.39, 0.29) is 6.42 Å². The Hall–Kier alpha value is -1.23. The van der Waals surface area contributed by atoms with E-state index >= 15 is 0 Å². The van der Waals surface area contributed by atoms with Gasteiger partial charge in [0.15, 0.2) is 0 Å². The number of halogens is 1. The van der Waals surface area contributed by atoms with Gasteiger partial charge in [0.1, 0.15) is 5.82 Å². The number of rotatable bonds is 4. The largest absolute Gasteiger partial charge is 0.481 e. The van der Waals surface area contributed by atoms with Crippen molar-refractivity contribution in [2.45, 2.75) is 23.5 Å². The second-order valence-electron chi connectivity index (χ2n) is 3.16. The van der Waals surface area contributed by atoms with E-state index < -0.39 is 27.8 Å². The lowest BCUT2D eigenvalue weighted by molar-refractivity contribution is -0.136. The molecule has 1 rings (SSSR count). The van der Waals surface area contributed by atoms with Crippen LogP contribution in [0.2, 0.25) is 0 Å². The zero-order valence-corrected chi connectivity index (χ0v) is 8.96. The van der Waals surface area contributed by atoms with Gasteiger partial charge in [-0.3, -0.25) is 9.00 Å². The molecule has 5 heteroatoms. The average Bonchev–Trinajstić information content (AvgIpc) is 2.17.